The Morgan fingerprint density at radius 2 is 1.68 bits per heavy atom. The van der Waals surface area contributed by atoms with Gasteiger partial charge in [-0.05, 0) is 29.1 Å². The smallest absolute Gasteiger partial charge is 0.406 e. The molecule has 3 nitrogen and oxygen atoms in total. The van der Waals surface area contributed by atoms with Gasteiger partial charge in [0.25, 0.3) is 0 Å². The first kappa shape index (κ1) is 13.9. The van der Waals surface area contributed by atoms with Crippen molar-refractivity contribution in [3.63, 3.8) is 0 Å². The van der Waals surface area contributed by atoms with E-state index in [1.54, 1.807) is 11.4 Å². The van der Waals surface area contributed by atoms with Crippen LogP contribution < -0.4 is 4.74 Å². The van der Waals surface area contributed by atoms with E-state index < -0.39 is 17.1 Å². The number of thiol groups is 1. The molecule has 0 amide bonds. The van der Waals surface area contributed by atoms with E-state index in [1.165, 1.54) is 12.1 Å². The van der Waals surface area contributed by atoms with Gasteiger partial charge in [-0.2, -0.15) is 0 Å². The third kappa shape index (κ3) is 3.48. The highest BCUT2D eigenvalue weighted by molar-refractivity contribution is 7.75. The molecule has 19 heavy (non-hydrogen) atoms. The van der Waals surface area contributed by atoms with Crippen LogP contribution in [0.5, 0.6) is 5.75 Å². The third-order valence-corrected chi connectivity index (χ3v) is 4.26. The standard InChI is InChI=1S/C11H7F3O3S2/c12-11(13,14)17-8-3-1-7(2-4-8)9-5-6-18-10(9)19(15)16/h1-6,19H. The van der Waals surface area contributed by atoms with Crippen molar-refractivity contribution < 1.29 is 26.3 Å². The molecule has 1 heterocycles. The van der Waals surface area contributed by atoms with Crippen molar-refractivity contribution in [2.45, 2.75) is 10.6 Å². The molecule has 8 heteroatoms. The molecule has 0 unspecified atom stereocenters. The quantitative estimate of drug-likeness (QED) is 0.885. The second kappa shape index (κ2) is 5.22. The Morgan fingerprint density at radius 1 is 1.05 bits per heavy atom. The largest absolute Gasteiger partial charge is 0.573 e. The Balaban J connectivity index is 2.30. The van der Waals surface area contributed by atoms with Crippen LogP contribution in [0.2, 0.25) is 0 Å². The zero-order valence-corrected chi connectivity index (χ0v) is 10.9. The molecule has 0 spiro atoms. The second-order valence-corrected chi connectivity index (χ2v) is 5.65. The molecule has 2 aromatic rings. The molecule has 0 saturated heterocycles. The number of hydrogen-bond donors (Lipinski definition) is 1. The van der Waals surface area contributed by atoms with Gasteiger partial charge >= 0.3 is 6.36 Å². The van der Waals surface area contributed by atoms with Gasteiger partial charge in [0.2, 0.25) is 0 Å². The van der Waals surface area contributed by atoms with Gasteiger partial charge in [-0.15, -0.1) is 24.5 Å². The number of halogens is 3. The van der Waals surface area contributed by atoms with Crippen LogP contribution in [0.25, 0.3) is 11.1 Å². The van der Waals surface area contributed by atoms with Crippen molar-refractivity contribution in [3.8, 4) is 16.9 Å². The van der Waals surface area contributed by atoms with Crippen LogP contribution in [0.15, 0.2) is 39.9 Å². The molecule has 0 N–H and O–H groups in total. The highest BCUT2D eigenvalue weighted by Gasteiger charge is 2.30. The van der Waals surface area contributed by atoms with Crippen LogP contribution in [0.4, 0.5) is 13.2 Å². The van der Waals surface area contributed by atoms with Crippen molar-refractivity contribution in [1.82, 2.24) is 0 Å². The Morgan fingerprint density at radius 3 is 2.21 bits per heavy atom. The normalized spacial score (nSPS) is 11.8. The van der Waals surface area contributed by atoms with Crippen molar-refractivity contribution in [3.05, 3.63) is 35.7 Å². The molecule has 1 aromatic heterocycles. The molecule has 0 aliphatic heterocycles. The van der Waals surface area contributed by atoms with E-state index in [0.717, 1.165) is 23.5 Å². The maximum Gasteiger partial charge on any atom is 0.573 e. The second-order valence-electron chi connectivity index (χ2n) is 3.47. The molecule has 2 rings (SSSR count). The van der Waals surface area contributed by atoms with Crippen LogP contribution >= 0.6 is 11.3 Å². The summed E-state index contributed by atoms with van der Waals surface area (Å²) in [6, 6.07) is 6.64. The minimum atomic E-state index is -4.74. The van der Waals surface area contributed by atoms with Crippen molar-refractivity contribution >= 4 is 22.0 Å². The van der Waals surface area contributed by atoms with E-state index in [0.29, 0.717) is 11.1 Å². The first-order chi connectivity index (χ1) is 8.87. The summed E-state index contributed by atoms with van der Waals surface area (Å²) in [5.41, 5.74) is 0.990. The fourth-order valence-electron chi connectivity index (χ4n) is 1.50. The minimum Gasteiger partial charge on any atom is -0.406 e. The number of rotatable bonds is 3. The Labute approximate surface area is 112 Å². The van der Waals surface area contributed by atoms with Crippen molar-refractivity contribution in [2.75, 3.05) is 0 Å². The van der Waals surface area contributed by atoms with E-state index in [-0.39, 0.29) is 9.96 Å². The summed E-state index contributed by atoms with van der Waals surface area (Å²) in [5, 5.41) is 1.61. The maximum absolute atomic E-state index is 12.0. The molecule has 0 aliphatic rings. The fraction of sp³-hybridized carbons (Fsp3) is 0.0909. The Kier molecular flexibility index (Phi) is 3.81. The first-order valence-corrected chi connectivity index (χ1v) is 7.00. The molecular formula is C11H7F3O3S2. The summed E-state index contributed by atoms with van der Waals surface area (Å²) in [5.74, 6) is -0.348. The van der Waals surface area contributed by atoms with E-state index >= 15 is 0 Å². The summed E-state index contributed by atoms with van der Waals surface area (Å²) in [7, 11) is -2.73. The van der Waals surface area contributed by atoms with Gasteiger partial charge in [-0.25, -0.2) is 8.42 Å². The zero-order valence-electron chi connectivity index (χ0n) is 9.18. The van der Waals surface area contributed by atoms with Crippen molar-refractivity contribution in [1.29, 1.82) is 0 Å². The number of hydrogen-bond acceptors (Lipinski definition) is 4. The summed E-state index contributed by atoms with van der Waals surface area (Å²) in [6.07, 6.45) is -4.74. The van der Waals surface area contributed by atoms with Gasteiger partial charge in [-0.3, -0.25) is 0 Å². The molecular weight excluding hydrogens is 301 g/mol. The van der Waals surface area contributed by atoms with Crippen molar-refractivity contribution in [2.24, 2.45) is 0 Å². The maximum atomic E-state index is 12.0. The fourth-order valence-corrected chi connectivity index (χ4v) is 3.07. The number of thiophene rings is 1. The van der Waals surface area contributed by atoms with Gasteiger partial charge in [0.05, 0.1) is 0 Å². The average molecular weight is 308 g/mol. The van der Waals surface area contributed by atoms with E-state index in [1.807, 2.05) is 0 Å². The average Bonchev–Trinajstić information content (AvgIpc) is 2.76. The van der Waals surface area contributed by atoms with E-state index in [2.05, 4.69) is 4.74 Å². The van der Waals surface area contributed by atoms with Crippen LogP contribution in [0.1, 0.15) is 0 Å². The lowest BCUT2D eigenvalue weighted by Crippen LogP contribution is -2.16. The number of alkyl halides is 3. The molecule has 0 atom stereocenters. The lowest BCUT2D eigenvalue weighted by molar-refractivity contribution is -0.274. The molecule has 0 aliphatic carbocycles. The van der Waals surface area contributed by atoms with E-state index in [4.69, 9.17) is 0 Å². The molecule has 0 radical (unpaired) electrons. The molecule has 0 bridgehead atoms. The molecule has 102 valence electrons. The SMILES string of the molecule is O=[SH](=O)c1sccc1-c1ccc(OC(F)(F)F)cc1. The summed E-state index contributed by atoms with van der Waals surface area (Å²) in [6.45, 7) is 0. The summed E-state index contributed by atoms with van der Waals surface area (Å²) in [4.78, 5) is 0. The molecule has 0 fully saturated rings. The Bertz CT molecular complexity index is 634. The van der Waals surface area contributed by atoms with E-state index in [9.17, 15) is 21.6 Å². The lowest BCUT2D eigenvalue weighted by Gasteiger charge is -2.09. The third-order valence-electron chi connectivity index (χ3n) is 2.21. The monoisotopic (exact) mass is 308 g/mol. The highest BCUT2D eigenvalue weighted by Crippen LogP contribution is 2.31. The van der Waals surface area contributed by atoms with Gasteiger partial charge in [0.1, 0.15) is 9.96 Å². The van der Waals surface area contributed by atoms with Crippen LogP contribution in [-0.4, -0.2) is 14.8 Å². The highest BCUT2D eigenvalue weighted by atomic mass is 32.2. The predicted octanol–water partition coefficient (Wildman–Crippen LogP) is 3.28. The number of ether oxygens (including phenoxy) is 1. The zero-order chi connectivity index (χ0) is 14.0. The van der Waals surface area contributed by atoms with Crippen LogP contribution in [0.3, 0.4) is 0 Å². The molecule has 0 saturated carbocycles. The van der Waals surface area contributed by atoms with Gasteiger partial charge in [-0.1, -0.05) is 12.1 Å². The van der Waals surface area contributed by atoms with Crippen LogP contribution in [0, 0.1) is 0 Å². The lowest BCUT2D eigenvalue weighted by atomic mass is 10.1. The Hall–Kier alpha value is -1.54. The first-order valence-electron chi connectivity index (χ1n) is 4.95. The van der Waals surface area contributed by atoms with Gasteiger partial charge in [0.15, 0.2) is 10.7 Å². The minimum absolute atomic E-state index is 0.180. The van der Waals surface area contributed by atoms with Crippen LogP contribution in [-0.2, 0) is 10.7 Å². The van der Waals surface area contributed by atoms with Gasteiger partial charge in [0, 0.05) is 5.56 Å². The summed E-state index contributed by atoms with van der Waals surface area (Å²) < 4.78 is 61.8. The molecule has 1 aromatic carbocycles. The topological polar surface area (TPSA) is 43.4 Å². The summed E-state index contributed by atoms with van der Waals surface area (Å²) >= 11 is 1.06. The number of benzene rings is 1. The predicted molar refractivity (Wildman–Crippen MR) is 65.0 cm³/mol. The van der Waals surface area contributed by atoms with Gasteiger partial charge < -0.3 is 4.74 Å².